The highest BCUT2D eigenvalue weighted by Crippen LogP contribution is 2.27. The van der Waals surface area contributed by atoms with Gasteiger partial charge in [-0.1, -0.05) is 12.6 Å². The monoisotopic (exact) mass is 371 g/mol. The Labute approximate surface area is 156 Å². The quantitative estimate of drug-likeness (QED) is 0.639. The van der Waals surface area contributed by atoms with Crippen molar-refractivity contribution in [1.82, 2.24) is 19.7 Å². The summed E-state index contributed by atoms with van der Waals surface area (Å²) in [4.78, 5) is 26.0. The lowest BCUT2D eigenvalue weighted by Crippen LogP contribution is -2.38. The number of nitrogens with one attached hydrogen (secondary N) is 2. The zero-order valence-corrected chi connectivity index (χ0v) is 15.4. The number of hydrogen-bond acceptors (Lipinski definition) is 4. The minimum absolute atomic E-state index is 0.0338. The number of aromatic nitrogens is 3. The lowest BCUT2D eigenvalue weighted by atomic mass is 9.95. The van der Waals surface area contributed by atoms with Crippen molar-refractivity contribution in [3.05, 3.63) is 53.1 Å². The van der Waals surface area contributed by atoms with E-state index in [2.05, 4.69) is 22.1 Å². The predicted molar refractivity (Wildman–Crippen MR) is 102 cm³/mol. The molecule has 2 amide bonds. The Morgan fingerprint density at radius 2 is 2.12 bits per heavy atom. The highest BCUT2D eigenvalue weighted by Gasteiger charge is 2.27. The van der Waals surface area contributed by atoms with Gasteiger partial charge < -0.3 is 14.8 Å². The number of piperidine rings is 1. The number of nitrogens with zero attached hydrogens (tertiary/aromatic N) is 3. The fourth-order valence-electron chi connectivity index (χ4n) is 3.17. The van der Waals surface area contributed by atoms with Crippen LogP contribution in [0.4, 0.5) is 5.69 Å². The van der Waals surface area contributed by atoms with Crippen molar-refractivity contribution in [3.8, 4) is 0 Å². The lowest BCUT2D eigenvalue weighted by Gasteiger charge is -2.31. The second-order valence-corrected chi connectivity index (χ2v) is 6.67. The molecule has 3 rings (SSSR count). The number of carbonyl (C=O) groups is 2. The highest BCUT2D eigenvalue weighted by molar-refractivity contribution is 7.71. The molecule has 1 fully saturated rings. The smallest absolute Gasteiger partial charge is 0.253 e. The molecule has 1 aliphatic rings. The van der Waals surface area contributed by atoms with Crippen molar-refractivity contribution in [3.63, 3.8) is 0 Å². The Hall–Kier alpha value is -2.74. The van der Waals surface area contributed by atoms with E-state index < -0.39 is 0 Å². The van der Waals surface area contributed by atoms with Crippen LogP contribution in [-0.4, -0.2) is 44.6 Å². The molecule has 26 heavy (non-hydrogen) atoms. The van der Waals surface area contributed by atoms with Gasteiger partial charge in [0, 0.05) is 37.3 Å². The van der Waals surface area contributed by atoms with Gasteiger partial charge in [0.25, 0.3) is 5.91 Å². The standard InChI is InChI=1S/C18H21N5O2S/c1-3-15(24)19-14-6-4-5-13(11-14)17(25)23-9-7-12(8-10-23)16-20-21-18(26)22(16)2/h3-6,11-12H,1,7-10H2,2H3,(H,19,24)(H,21,26). The summed E-state index contributed by atoms with van der Waals surface area (Å²) < 4.78 is 2.50. The van der Waals surface area contributed by atoms with Gasteiger partial charge in [-0.3, -0.25) is 14.7 Å². The molecule has 1 aromatic heterocycles. The molecule has 1 saturated heterocycles. The van der Waals surface area contributed by atoms with Gasteiger partial charge >= 0.3 is 0 Å². The minimum Gasteiger partial charge on any atom is -0.339 e. The molecule has 0 radical (unpaired) electrons. The number of aromatic amines is 1. The van der Waals surface area contributed by atoms with E-state index in [9.17, 15) is 9.59 Å². The summed E-state index contributed by atoms with van der Waals surface area (Å²) >= 11 is 5.17. The summed E-state index contributed by atoms with van der Waals surface area (Å²) in [5.74, 6) is 0.892. The molecule has 2 N–H and O–H groups in total. The Balaban J connectivity index is 1.66. The predicted octanol–water partition coefficient (Wildman–Crippen LogP) is 2.62. The average Bonchev–Trinajstić information content (AvgIpc) is 3.00. The van der Waals surface area contributed by atoms with Crippen molar-refractivity contribution < 1.29 is 9.59 Å². The molecule has 0 saturated carbocycles. The van der Waals surface area contributed by atoms with E-state index in [1.54, 1.807) is 24.3 Å². The van der Waals surface area contributed by atoms with Gasteiger partial charge in [-0.25, -0.2) is 0 Å². The maximum atomic E-state index is 12.8. The van der Waals surface area contributed by atoms with Crippen LogP contribution in [0.15, 0.2) is 36.9 Å². The average molecular weight is 371 g/mol. The summed E-state index contributed by atoms with van der Waals surface area (Å²) in [6.45, 7) is 4.74. The molecule has 136 valence electrons. The minimum atomic E-state index is -0.302. The van der Waals surface area contributed by atoms with E-state index in [0.717, 1.165) is 18.7 Å². The normalized spacial score (nSPS) is 14.9. The van der Waals surface area contributed by atoms with E-state index in [-0.39, 0.29) is 17.7 Å². The zero-order chi connectivity index (χ0) is 18.7. The van der Waals surface area contributed by atoms with Crippen LogP contribution < -0.4 is 5.32 Å². The van der Waals surface area contributed by atoms with Crippen molar-refractivity contribution >= 4 is 29.7 Å². The Kier molecular flexibility index (Phi) is 5.32. The summed E-state index contributed by atoms with van der Waals surface area (Å²) in [6, 6.07) is 6.95. The Bertz CT molecular complexity index is 893. The van der Waals surface area contributed by atoms with Crippen molar-refractivity contribution in [2.45, 2.75) is 18.8 Å². The highest BCUT2D eigenvalue weighted by atomic mass is 32.1. The van der Waals surface area contributed by atoms with Crippen LogP contribution in [0.25, 0.3) is 0 Å². The molecular formula is C18H21N5O2S. The fourth-order valence-corrected chi connectivity index (χ4v) is 3.31. The van der Waals surface area contributed by atoms with Crippen LogP contribution in [0.5, 0.6) is 0 Å². The summed E-state index contributed by atoms with van der Waals surface area (Å²) in [5, 5.41) is 9.80. The van der Waals surface area contributed by atoms with Gasteiger partial charge in [0.05, 0.1) is 0 Å². The van der Waals surface area contributed by atoms with E-state index in [1.165, 1.54) is 6.08 Å². The van der Waals surface area contributed by atoms with Crippen molar-refractivity contribution in [1.29, 1.82) is 0 Å². The van der Waals surface area contributed by atoms with Crippen molar-refractivity contribution in [2.75, 3.05) is 18.4 Å². The number of likely N-dealkylation sites (tertiary alicyclic amines) is 1. The van der Waals surface area contributed by atoms with E-state index in [1.807, 2.05) is 16.5 Å². The molecule has 0 atom stereocenters. The summed E-state index contributed by atoms with van der Waals surface area (Å²) in [5.41, 5.74) is 1.14. The van der Waals surface area contributed by atoms with Crippen LogP contribution in [0.1, 0.15) is 34.9 Å². The van der Waals surface area contributed by atoms with Crippen LogP contribution in [0.3, 0.4) is 0 Å². The summed E-state index contributed by atoms with van der Waals surface area (Å²) in [6.07, 6.45) is 2.88. The van der Waals surface area contributed by atoms with Gasteiger partial charge in [0.1, 0.15) is 5.82 Å². The van der Waals surface area contributed by atoms with Gasteiger partial charge in [0.15, 0.2) is 4.77 Å². The molecular weight excluding hydrogens is 350 g/mol. The number of rotatable bonds is 4. The second-order valence-electron chi connectivity index (χ2n) is 6.29. The number of hydrogen-bond donors (Lipinski definition) is 2. The van der Waals surface area contributed by atoms with Gasteiger partial charge in [0.2, 0.25) is 5.91 Å². The van der Waals surface area contributed by atoms with Crippen LogP contribution in [0, 0.1) is 4.77 Å². The maximum Gasteiger partial charge on any atom is 0.253 e. The van der Waals surface area contributed by atoms with E-state index in [4.69, 9.17) is 12.2 Å². The third-order valence-corrected chi connectivity index (χ3v) is 4.99. The van der Waals surface area contributed by atoms with Crippen molar-refractivity contribution in [2.24, 2.45) is 7.05 Å². The molecule has 1 aromatic carbocycles. The summed E-state index contributed by atoms with van der Waals surface area (Å²) in [7, 11) is 1.90. The molecule has 1 aliphatic heterocycles. The first kappa shape index (κ1) is 18.1. The third-order valence-electron chi connectivity index (χ3n) is 4.62. The number of H-pyrrole nitrogens is 1. The molecule has 7 nitrogen and oxygen atoms in total. The fraction of sp³-hybridized carbons (Fsp3) is 0.333. The third kappa shape index (κ3) is 3.75. The van der Waals surface area contributed by atoms with Crippen LogP contribution in [0.2, 0.25) is 0 Å². The SMILES string of the molecule is C=CC(=O)Nc1cccc(C(=O)N2CCC(c3n[nH]c(=S)n3C)CC2)c1. The molecule has 0 unspecified atom stereocenters. The molecule has 2 heterocycles. The molecule has 8 heteroatoms. The van der Waals surface area contributed by atoms with Gasteiger partial charge in [-0.2, -0.15) is 5.10 Å². The van der Waals surface area contributed by atoms with Gasteiger partial charge in [-0.15, -0.1) is 0 Å². The molecule has 2 aromatic rings. The zero-order valence-electron chi connectivity index (χ0n) is 14.6. The topological polar surface area (TPSA) is 83.0 Å². The number of anilines is 1. The maximum absolute atomic E-state index is 12.8. The van der Waals surface area contributed by atoms with Gasteiger partial charge in [-0.05, 0) is 49.3 Å². The Morgan fingerprint density at radius 3 is 2.73 bits per heavy atom. The number of amides is 2. The van der Waals surface area contributed by atoms with E-state index >= 15 is 0 Å². The molecule has 0 bridgehead atoms. The number of benzene rings is 1. The first-order valence-corrected chi connectivity index (χ1v) is 8.84. The molecule has 0 aliphatic carbocycles. The Morgan fingerprint density at radius 1 is 1.38 bits per heavy atom. The lowest BCUT2D eigenvalue weighted by molar-refractivity contribution is -0.111. The number of carbonyl (C=O) groups excluding carboxylic acids is 2. The van der Waals surface area contributed by atoms with Crippen LogP contribution >= 0.6 is 12.2 Å². The second kappa shape index (κ2) is 7.65. The first-order chi connectivity index (χ1) is 12.5. The molecule has 0 spiro atoms. The largest absolute Gasteiger partial charge is 0.339 e. The first-order valence-electron chi connectivity index (χ1n) is 8.43. The van der Waals surface area contributed by atoms with E-state index in [0.29, 0.717) is 29.1 Å². The van der Waals surface area contributed by atoms with Crippen LogP contribution in [-0.2, 0) is 11.8 Å².